The van der Waals surface area contributed by atoms with Gasteiger partial charge in [0.2, 0.25) is 11.8 Å². The van der Waals surface area contributed by atoms with Crippen molar-refractivity contribution in [2.45, 2.75) is 31.8 Å². The first kappa shape index (κ1) is 21.8. The van der Waals surface area contributed by atoms with Gasteiger partial charge in [-0.1, -0.05) is 42.5 Å². The predicted molar refractivity (Wildman–Crippen MR) is 112 cm³/mol. The Hall–Kier alpha value is -3.45. The van der Waals surface area contributed by atoms with E-state index in [1.807, 2.05) is 30.3 Å². The lowest BCUT2D eigenvalue weighted by atomic mass is 10.0. The first-order valence-corrected chi connectivity index (χ1v) is 9.27. The van der Waals surface area contributed by atoms with E-state index in [9.17, 15) is 14.4 Å². The lowest BCUT2D eigenvalue weighted by Gasteiger charge is -2.17. The number of nitrogens with two attached hydrogens (primary N) is 1. The van der Waals surface area contributed by atoms with E-state index in [1.54, 1.807) is 25.1 Å². The fourth-order valence-electron chi connectivity index (χ4n) is 2.61. The highest BCUT2D eigenvalue weighted by Gasteiger charge is 2.13. The summed E-state index contributed by atoms with van der Waals surface area (Å²) in [5.41, 5.74) is 7.20. The van der Waals surface area contributed by atoms with Crippen molar-refractivity contribution in [1.29, 1.82) is 0 Å². The van der Waals surface area contributed by atoms with Crippen LogP contribution in [0.2, 0.25) is 0 Å². The molecule has 0 heterocycles. The Bertz CT molecular complexity index is 879. The van der Waals surface area contributed by atoms with Crippen LogP contribution in [0.3, 0.4) is 0 Å². The zero-order valence-corrected chi connectivity index (χ0v) is 16.2. The molecule has 0 aliphatic rings. The third-order valence-electron chi connectivity index (χ3n) is 4.19. The average molecular weight is 395 g/mol. The van der Waals surface area contributed by atoms with Gasteiger partial charge in [-0.2, -0.15) is 0 Å². The Morgan fingerprint density at radius 3 is 2.48 bits per heavy atom. The molecule has 29 heavy (non-hydrogen) atoms. The molecule has 2 atom stereocenters. The zero-order valence-electron chi connectivity index (χ0n) is 16.2. The van der Waals surface area contributed by atoms with E-state index >= 15 is 0 Å². The number of carbonyl (C=O) groups is 3. The molecule has 0 bridgehead atoms. The minimum Gasteiger partial charge on any atom is -0.478 e. The Labute approximate surface area is 169 Å². The molecule has 7 heteroatoms. The Morgan fingerprint density at radius 1 is 1.10 bits per heavy atom. The number of aryl methyl sites for hydroxylation is 1. The molecule has 5 N–H and O–H groups in total. The highest BCUT2D eigenvalue weighted by Crippen LogP contribution is 2.11. The van der Waals surface area contributed by atoms with Gasteiger partial charge in [-0.3, -0.25) is 9.59 Å². The first-order chi connectivity index (χ1) is 13.8. The van der Waals surface area contributed by atoms with Crippen molar-refractivity contribution in [3.05, 3.63) is 77.9 Å². The quantitative estimate of drug-likeness (QED) is 0.486. The standard InChI is InChI=1S/C22H25N3O4/c1-15(23)21(27)25-18(11-10-16-6-3-2-4-7-16)12-13-20(26)24-19-9-5-8-17(14-19)22(28)29/h2-9,12-15,18H,10-11,23H2,1H3,(H,24,26)(H,25,27)(H,28,29)/b13-12+/t15-,18-/m0/s1. The summed E-state index contributed by atoms with van der Waals surface area (Å²) in [5.74, 6) is -1.80. The van der Waals surface area contributed by atoms with Crippen LogP contribution >= 0.6 is 0 Å². The molecule has 2 rings (SSSR count). The molecule has 2 aromatic carbocycles. The monoisotopic (exact) mass is 395 g/mol. The van der Waals surface area contributed by atoms with Gasteiger partial charge in [0.05, 0.1) is 11.6 Å². The Balaban J connectivity index is 2.02. The molecule has 7 nitrogen and oxygen atoms in total. The fourth-order valence-corrected chi connectivity index (χ4v) is 2.61. The van der Waals surface area contributed by atoms with Crippen LogP contribution in [0.25, 0.3) is 0 Å². The minimum atomic E-state index is -1.07. The van der Waals surface area contributed by atoms with Crippen LogP contribution in [0.4, 0.5) is 5.69 Å². The van der Waals surface area contributed by atoms with E-state index < -0.39 is 17.9 Å². The highest BCUT2D eigenvalue weighted by atomic mass is 16.4. The summed E-state index contributed by atoms with van der Waals surface area (Å²) in [7, 11) is 0. The zero-order chi connectivity index (χ0) is 21.2. The molecule has 2 amide bonds. The van der Waals surface area contributed by atoms with Crippen molar-refractivity contribution >= 4 is 23.5 Å². The van der Waals surface area contributed by atoms with Gasteiger partial charge in [0, 0.05) is 17.8 Å². The topological polar surface area (TPSA) is 122 Å². The summed E-state index contributed by atoms with van der Waals surface area (Å²) < 4.78 is 0. The van der Waals surface area contributed by atoms with Crippen molar-refractivity contribution in [3.63, 3.8) is 0 Å². The normalized spacial score (nSPS) is 12.9. The number of benzene rings is 2. The summed E-state index contributed by atoms with van der Waals surface area (Å²) in [6, 6.07) is 14.8. The van der Waals surface area contributed by atoms with E-state index in [4.69, 9.17) is 10.8 Å². The molecule has 0 aliphatic carbocycles. The number of carboxylic acids is 1. The number of carboxylic acid groups (broad SMARTS) is 1. The van der Waals surface area contributed by atoms with Crippen molar-refractivity contribution < 1.29 is 19.5 Å². The second kappa shape index (κ2) is 10.8. The maximum atomic E-state index is 12.2. The van der Waals surface area contributed by atoms with Gasteiger partial charge >= 0.3 is 5.97 Å². The number of amides is 2. The van der Waals surface area contributed by atoms with Gasteiger partial charge in [-0.25, -0.2) is 4.79 Å². The van der Waals surface area contributed by atoms with Crippen LogP contribution in [-0.2, 0) is 16.0 Å². The molecule has 0 aliphatic heterocycles. The van der Waals surface area contributed by atoms with Crippen LogP contribution in [0, 0.1) is 0 Å². The van der Waals surface area contributed by atoms with E-state index in [0.717, 1.165) is 12.0 Å². The van der Waals surface area contributed by atoms with Crippen LogP contribution in [0.5, 0.6) is 0 Å². The van der Waals surface area contributed by atoms with Gasteiger partial charge in [0.15, 0.2) is 0 Å². The number of hydrogen-bond donors (Lipinski definition) is 4. The van der Waals surface area contributed by atoms with Gasteiger partial charge < -0.3 is 21.5 Å². The Kier molecular flexibility index (Phi) is 8.12. The highest BCUT2D eigenvalue weighted by molar-refractivity contribution is 6.00. The number of carbonyl (C=O) groups excluding carboxylic acids is 2. The van der Waals surface area contributed by atoms with Gasteiger partial charge in [0.1, 0.15) is 0 Å². The SMILES string of the molecule is C[C@H](N)C(=O)N[C@H](/C=C/C(=O)Nc1cccc(C(=O)O)c1)CCc1ccccc1. The predicted octanol–water partition coefficient (Wildman–Crippen LogP) is 2.34. The van der Waals surface area contributed by atoms with Crippen molar-refractivity contribution in [3.8, 4) is 0 Å². The molecule has 152 valence electrons. The maximum Gasteiger partial charge on any atom is 0.335 e. The van der Waals surface area contributed by atoms with Crippen LogP contribution in [0.1, 0.15) is 29.3 Å². The number of aromatic carboxylic acids is 1. The number of rotatable bonds is 9. The first-order valence-electron chi connectivity index (χ1n) is 9.27. The largest absolute Gasteiger partial charge is 0.478 e. The number of hydrogen-bond acceptors (Lipinski definition) is 4. The van der Waals surface area contributed by atoms with E-state index in [2.05, 4.69) is 10.6 Å². The van der Waals surface area contributed by atoms with Gasteiger partial charge in [-0.15, -0.1) is 0 Å². The second-order valence-electron chi connectivity index (χ2n) is 6.66. The molecule has 0 aromatic heterocycles. The molecule has 0 saturated heterocycles. The molecule has 0 unspecified atom stereocenters. The lowest BCUT2D eigenvalue weighted by Crippen LogP contribution is -2.43. The molecule has 0 saturated carbocycles. The van der Waals surface area contributed by atoms with Crippen LogP contribution < -0.4 is 16.4 Å². The third-order valence-corrected chi connectivity index (χ3v) is 4.19. The van der Waals surface area contributed by atoms with Crippen molar-refractivity contribution in [1.82, 2.24) is 5.32 Å². The van der Waals surface area contributed by atoms with E-state index in [0.29, 0.717) is 12.1 Å². The molecular weight excluding hydrogens is 370 g/mol. The minimum absolute atomic E-state index is 0.0803. The summed E-state index contributed by atoms with van der Waals surface area (Å²) in [4.78, 5) is 35.2. The van der Waals surface area contributed by atoms with Crippen LogP contribution in [0.15, 0.2) is 66.7 Å². The fraction of sp³-hybridized carbons (Fsp3) is 0.227. The van der Waals surface area contributed by atoms with Crippen molar-refractivity contribution in [2.75, 3.05) is 5.32 Å². The van der Waals surface area contributed by atoms with E-state index in [-0.39, 0.29) is 17.5 Å². The molecule has 2 aromatic rings. The maximum absolute atomic E-state index is 12.2. The van der Waals surface area contributed by atoms with Crippen LogP contribution in [-0.4, -0.2) is 35.0 Å². The van der Waals surface area contributed by atoms with E-state index in [1.165, 1.54) is 18.2 Å². The summed E-state index contributed by atoms with van der Waals surface area (Å²) >= 11 is 0. The smallest absolute Gasteiger partial charge is 0.335 e. The van der Waals surface area contributed by atoms with Gasteiger partial charge in [0.25, 0.3) is 0 Å². The molecule has 0 radical (unpaired) electrons. The Morgan fingerprint density at radius 2 is 1.83 bits per heavy atom. The average Bonchev–Trinajstić information content (AvgIpc) is 2.70. The number of anilines is 1. The molecule has 0 fully saturated rings. The summed E-state index contributed by atoms with van der Waals surface area (Å²) in [6.07, 6.45) is 4.25. The second-order valence-corrected chi connectivity index (χ2v) is 6.66. The lowest BCUT2D eigenvalue weighted by molar-refractivity contribution is -0.122. The summed E-state index contributed by atoms with van der Waals surface area (Å²) in [6.45, 7) is 1.59. The third kappa shape index (κ3) is 7.59. The molecular formula is C22H25N3O4. The van der Waals surface area contributed by atoms with Gasteiger partial charge in [-0.05, 0) is 43.5 Å². The number of nitrogens with one attached hydrogen (secondary N) is 2. The summed E-state index contributed by atoms with van der Waals surface area (Å²) in [5, 5.41) is 14.5. The molecule has 0 spiro atoms. The van der Waals surface area contributed by atoms with Crippen molar-refractivity contribution in [2.24, 2.45) is 5.73 Å².